The van der Waals surface area contributed by atoms with Crippen LogP contribution < -0.4 is 20.8 Å². The third-order valence-electron chi connectivity index (χ3n) is 12.5. The quantitative estimate of drug-likeness (QED) is 0.162. The molecule has 0 unspecified atom stereocenters. The molecule has 0 amide bonds. The Morgan fingerprint density at radius 3 is 1.55 bits per heavy atom. The van der Waals surface area contributed by atoms with Crippen LogP contribution in [-0.4, -0.2) is 4.57 Å². The third-order valence-corrected chi connectivity index (χ3v) is 16.7. The molecule has 5 heteroatoms. The largest absolute Gasteiger partial charge is 0.310 e. The Morgan fingerprint density at radius 2 is 0.900 bits per heavy atom. The van der Waals surface area contributed by atoms with Gasteiger partial charge in [0.25, 0.3) is 0 Å². The van der Waals surface area contributed by atoms with Crippen LogP contribution in [0, 0.1) is 0 Å². The van der Waals surface area contributed by atoms with E-state index in [1.54, 1.807) is 0 Å². The normalized spacial score (nSPS) is 13.8. The molecule has 1 spiro atoms. The van der Waals surface area contributed by atoms with Crippen molar-refractivity contribution in [2.75, 3.05) is 4.90 Å². The lowest BCUT2D eigenvalue weighted by Gasteiger charge is -2.49. The number of hydrogen-bond donors (Lipinski definition) is 0. The molecule has 0 aliphatic carbocycles. The van der Waals surface area contributed by atoms with E-state index in [0.29, 0.717) is 0 Å². The minimum Gasteiger partial charge on any atom is -0.310 e. The first-order valence-corrected chi connectivity index (χ1v) is 22.9. The fraction of sp³-hybridized carbons (Fsp3) is 0.0182. The van der Waals surface area contributed by atoms with Gasteiger partial charge in [-0.25, -0.2) is 0 Å². The van der Waals surface area contributed by atoms with Gasteiger partial charge < -0.3 is 14.0 Å². The molecule has 2 aliphatic rings. The summed E-state index contributed by atoms with van der Waals surface area (Å²) in [6, 6.07) is 79.7. The second-order valence-corrected chi connectivity index (χ2v) is 19.4. The number of fused-ring (bicyclic) bond motifs is 11. The second-order valence-electron chi connectivity index (χ2n) is 15.6. The van der Waals surface area contributed by atoms with Crippen LogP contribution in [0.25, 0.3) is 27.5 Å². The molecule has 0 saturated heterocycles. The summed E-state index contributed by atoms with van der Waals surface area (Å²) in [5.41, 5.74) is 11.3. The Labute approximate surface area is 353 Å². The molecule has 3 heterocycles. The first-order valence-electron chi connectivity index (χ1n) is 20.4. The highest BCUT2D eigenvalue weighted by molar-refractivity contribution is 7.99. The van der Waals surface area contributed by atoms with Crippen LogP contribution in [0.4, 0.5) is 17.1 Å². The summed E-state index contributed by atoms with van der Waals surface area (Å²) in [7, 11) is -3.13. The van der Waals surface area contributed by atoms with Crippen molar-refractivity contribution >= 4 is 73.7 Å². The van der Waals surface area contributed by atoms with Gasteiger partial charge in [0.15, 0.2) is 7.14 Å². The summed E-state index contributed by atoms with van der Waals surface area (Å²) in [4.78, 5) is 4.92. The lowest BCUT2D eigenvalue weighted by atomic mass is 9.62. The molecule has 0 fully saturated rings. The molecular weight excluding hydrogens is 768 g/mol. The maximum atomic E-state index is 15.3. The standard InChI is InChI=1S/C55H37N2OPS/c58-59(40-20-6-2-7-21-40,41-22-8-3-9-23-41)42-34-32-39(33-35-42)56-49-28-14-10-24-43(49)44-36-48-54(37-52(44)56)60-53-31-17-13-27-47(53)55(48)45-25-11-15-29-50(45)57(38-18-4-1-5-19-38)51-30-16-12-26-46(51)55/h1-37H. The highest BCUT2D eigenvalue weighted by Crippen LogP contribution is 2.63. The average molecular weight is 805 g/mol. The van der Waals surface area contributed by atoms with Crippen LogP contribution in [0.5, 0.6) is 0 Å². The van der Waals surface area contributed by atoms with Crippen molar-refractivity contribution in [3.63, 3.8) is 0 Å². The molecule has 284 valence electrons. The van der Waals surface area contributed by atoms with Gasteiger partial charge in [-0.05, 0) is 95.1 Å². The number of nitrogens with zero attached hydrogens (tertiary/aromatic N) is 2. The van der Waals surface area contributed by atoms with Crippen LogP contribution in [0.2, 0.25) is 0 Å². The number of hydrogen-bond acceptors (Lipinski definition) is 3. The van der Waals surface area contributed by atoms with Gasteiger partial charge in [-0.15, -0.1) is 0 Å². The van der Waals surface area contributed by atoms with E-state index in [1.807, 2.05) is 72.4 Å². The second kappa shape index (κ2) is 13.6. The minimum atomic E-state index is -3.13. The van der Waals surface area contributed by atoms with E-state index >= 15 is 4.57 Å². The van der Waals surface area contributed by atoms with Crippen molar-refractivity contribution in [3.8, 4) is 5.69 Å². The molecule has 60 heavy (non-hydrogen) atoms. The monoisotopic (exact) mass is 804 g/mol. The zero-order chi connectivity index (χ0) is 39.8. The number of rotatable bonds is 5. The summed E-state index contributed by atoms with van der Waals surface area (Å²) >= 11 is 1.86. The summed E-state index contributed by atoms with van der Waals surface area (Å²) in [5.74, 6) is 0. The van der Waals surface area contributed by atoms with Gasteiger partial charge in [-0.3, -0.25) is 0 Å². The predicted octanol–water partition coefficient (Wildman–Crippen LogP) is 13.1. The van der Waals surface area contributed by atoms with Crippen LogP contribution in [0.3, 0.4) is 0 Å². The van der Waals surface area contributed by atoms with E-state index < -0.39 is 12.6 Å². The molecule has 0 radical (unpaired) electrons. The molecule has 0 saturated carbocycles. The van der Waals surface area contributed by atoms with Gasteiger partial charge in [0.05, 0.1) is 27.8 Å². The fourth-order valence-electron chi connectivity index (χ4n) is 10.00. The molecule has 12 rings (SSSR count). The Hall–Kier alpha value is -6.84. The fourth-order valence-corrected chi connectivity index (χ4v) is 13.9. The topological polar surface area (TPSA) is 25.2 Å². The number of para-hydroxylation sites is 4. The third kappa shape index (κ3) is 4.96. The zero-order valence-corrected chi connectivity index (χ0v) is 34.2. The first kappa shape index (κ1) is 35.1. The molecule has 0 bridgehead atoms. The Kier molecular flexibility index (Phi) is 7.97. The van der Waals surface area contributed by atoms with Crippen molar-refractivity contribution in [1.82, 2.24) is 4.57 Å². The lowest BCUT2D eigenvalue weighted by molar-refractivity contribution is 0.592. The number of anilines is 3. The SMILES string of the molecule is O=P(c1ccccc1)(c1ccccc1)c1ccc(-n2c3ccccc3c3cc4c(cc32)Sc2ccccc2C42c3ccccc3N(c3ccccc3)c3ccccc32)cc1. The van der Waals surface area contributed by atoms with Crippen molar-refractivity contribution in [3.05, 3.63) is 247 Å². The van der Waals surface area contributed by atoms with Gasteiger partial charge in [0, 0.05) is 47.9 Å². The Morgan fingerprint density at radius 1 is 0.383 bits per heavy atom. The van der Waals surface area contributed by atoms with E-state index in [1.165, 1.54) is 54.2 Å². The van der Waals surface area contributed by atoms with E-state index in [0.717, 1.165) is 38.3 Å². The lowest BCUT2D eigenvalue weighted by Crippen LogP contribution is -2.39. The molecule has 1 aromatic heterocycles. The number of benzene rings is 9. The Bertz CT molecular complexity index is 3230. The maximum absolute atomic E-state index is 15.3. The van der Waals surface area contributed by atoms with Gasteiger partial charge in [-0.1, -0.05) is 163 Å². The van der Waals surface area contributed by atoms with Crippen molar-refractivity contribution in [2.24, 2.45) is 0 Å². The van der Waals surface area contributed by atoms with E-state index in [4.69, 9.17) is 0 Å². The van der Waals surface area contributed by atoms with Gasteiger partial charge in [0.1, 0.15) is 0 Å². The highest BCUT2D eigenvalue weighted by atomic mass is 32.2. The van der Waals surface area contributed by atoms with Crippen molar-refractivity contribution in [2.45, 2.75) is 15.2 Å². The molecular formula is C55H37N2OPS. The Balaban J connectivity index is 1.11. The van der Waals surface area contributed by atoms with E-state index in [9.17, 15) is 0 Å². The van der Waals surface area contributed by atoms with Crippen LogP contribution >= 0.6 is 18.9 Å². The van der Waals surface area contributed by atoms with Crippen LogP contribution in [-0.2, 0) is 9.98 Å². The van der Waals surface area contributed by atoms with Gasteiger partial charge in [-0.2, -0.15) is 0 Å². The molecule has 0 atom stereocenters. The van der Waals surface area contributed by atoms with Crippen molar-refractivity contribution in [1.29, 1.82) is 0 Å². The predicted molar refractivity (Wildman–Crippen MR) is 251 cm³/mol. The zero-order valence-electron chi connectivity index (χ0n) is 32.5. The summed E-state index contributed by atoms with van der Waals surface area (Å²) in [6.45, 7) is 0. The van der Waals surface area contributed by atoms with Crippen molar-refractivity contribution < 1.29 is 4.57 Å². The maximum Gasteiger partial charge on any atom is 0.171 e. The molecule has 9 aromatic carbocycles. The summed E-state index contributed by atoms with van der Waals surface area (Å²) < 4.78 is 17.7. The van der Waals surface area contributed by atoms with Gasteiger partial charge in [0.2, 0.25) is 0 Å². The minimum absolute atomic E-state index is 0.579. The average Bonchev–Trinajstić information content (AvgIpc) is 3.64. The molecule has 0 N–H and O–H groups in total. The van der Waals surface area contributed by atoms with Crippen LogP contribution in [0.1, 0.15) is 22.3 Å². The molecule has 10 aromatic rings. The highest BCUT2D eigenvalue weighted by Gasteiger charge is 2.50. The van der Waals surface area contributed by atoms with Gasteiger partial charge >= 0.3 is 0 Å². The smallest absolute Gasteiger partial charge is 0.171 e. The van der Waals surface area contributed by atoms with E-state index in [-0.39, 0.29) is 0 Å². The number of aromatic nitrogens is 1. The summed E-state index contributed by atoms with van der Waals surface area (Å²) in [6.07, 6.45) is 0. The van der Waals surface area contributed by atoms with E-state index in [2.05, 4.69) is 173 Å². The summed E-state index contributed by atoms with van der Waals surface area (Å²) in [5, 5.41) is 4.87. The molecule has 2 aliphatic heterocycles. The van der Waals surface area contributed by atoms with Crippen LogP contribution in [0.15, 0.2) is 234 Å². The molecule has 3 nitrogen and oxygen atoms in total. The first-order chi connectivity index (χ1) is 29.7.